The summed E-state index contributed by atoms with van der Waals surface area (Å²) in [5.74, 6) is -0.886. The van der Waals surface area contributed by atoms with E-state index in [0.29, 0.717) is 24.8 Å². The zero-order valence-corrected chi connectivity index (χ0v) is 25.3. The van der Waals surface area contributed by atoms with Crippen LogP contribution in [0.25, 0.3) is 5.73 Å². The van der Waals surface area contributed by atoms with Crippen molar-refractivity contribution in [2.75, 3.05) is 26.4 Å². The van der Waals surface area contributed by atoms with Crippen molar-refractivity contribution in [2.45, 2.75) is 77.8 Å². The zero-order chi connectivity index (χ0) is 27.0. The van der Waals surface area contributed by atoms with Gasteiger partial charge in [-0.05, 0) is 88.3 Å². The van der Waals surface area contributed by atoms with Crippen molar-refractivity contribution < 1.29 is 65.2 Å². The second-order valence-electron chi connectivity index (χ2n) is 9.77. The van der Waals surface area contributed by atoms with Crippen LogP contribution in [0.4, 0.5) is 13.2 Å². The van der Waals surface area contributed by atoms with Crippen LogP contribution in [0.2, 0.25) is 0 Å². The number of aliphatic hydroxyl groups is 1. The van der Waals surface area contributed by atoms with Crippen LogP contribution in [0.5, 0.6) is 5.75 Å². The standard InChI is InChI=1S/C26H33F3NO3.C2H6O.Y/c1-18-7-8-20(14-19(18)2)6-5-13-31-23-10-9-21(15-22(23)26(27,28)29)11-12-25(30)16-32-24(3,4)33-17-25;1-2-3;/h7-10,14-15,30H,5-6,11-13,16-17H2,1-4H3;3H,2H2,1H3;/q-1;;. The largest absolute Gasteiger partial charge is 0.668 e. The van der Waals surface area contributed by atoms with Crippen LogP contribution >= 0.6 is 0 Å². The molecule has 1 aliphatic heterocycles. The molecule has 0 unspecified atom stereocenters. The zero-order valence-electron chi connectivity index (χ0n) is 22.5. The predicted octanol–water partition coefficient (Wildman–Crippen LogP) is 6.84. The van der Waals surface area contributed by atoms with E-state index >= 15 is 0 Å². The van der Waals surface area contributed by atoms with Gasteiger partial charge in [-0.1, -0.05) is 36.2 Å². The van der Waals surface area contributed by atoms with Crippen LogP contribution < -0.4 is 4.74 Å². The van der Waals surface area contributed by atoms with Gasteiger partial charge in [-0.3, -0.25) is 0 Å². The number of aliphatic hydroxyl groups excluding tert-OH is 1. The number of hydrogen-bond donors (Lipinski definition) is 1. The molecule has 0 spiro atoms. The number of ether oxygens (including phenoxy) is 3. The number of alkyl halides is 3. The van der Waals surface area contributed by atoms with Gasteiger partial charge in [0.25, 0.3) is 0 Å². The molecule has 0 aromatic heterocycles. The monoisotopic (exact) mass is 599 g/mol. The van der Waals surface area contributed by atoms with E-state index in [9.17, 15) is 13.2 Å². The van der Waals surface area contributed by atoms with Crippen molar-refractivity contribution in [3.8, 4) is 5.75 Å². The molecule has 0 bridgehead atoms. The summed E-state index contributed by atoms with van der Waals surface area (Å²) in [6.07, 6.45) is -2.48. The maximum atomic E-state index is 13.7. The molecule has 0 saturated carbocycles. The molecule has 37 heavy (non-hydrogen) atoms. The van der Waals surface area contributed by atoms with Crippen LogP contribution in [0, 0.1) is 13.8 Å². The van der Waals surface area contributed by atoms with Gasteiger partial charge < -0.3 is 25.1 Å². The Morgan fingerprint density at radius 3 is 2.11 bits per heavy atom. The molecule has 9 heteroatoms. The Labute approximate surface area is 244 Å². The molecule has 3 rings (SSSR count). The van der Waals surface area contributed by atoms with Gasteiger partial charge in [0, 0.05) is 52.5 Å². The van der Waals surface area contributed by atoms with E-state index in [-0.39, 0.29) is 64.9 Å². The van der Waals surface area contributed by atoms with E-state index in [1.54, 1.807) is 26.8 Å². The fourth-order valence-electron chi connectivity index (χ4n) is 3.73. The van der Waals surface area contributed by atoms with Crippen molar-refractivity contribution in [2.24, 2.45) is 0 Å². The number of halogens is 3. The van der Waals surface area contributed by atoms with Crippen molar-refractivity contribution in [3.63, 3.8) is 0 Å². The minimum Gasteiger partial charge on any atom is -0.668 e. The third kappa shape index (κ3) is 11.3. The molecule has 1 aliphatic rings. The van der Waals surface area contributed by atoms with Crippen molar-refractivity contribution in [1.82, 2.24) is 0 Å². The molecule has 1 heterocycles. The molecule has 0 amide bonds. The Hall–Kier alpha value is -1.03. The minimum atomic E-state index is -4.51. The molecule has 2 aromatic rings. The van der Waals surface area contributed by atoms with Gasteiger partial charge in [0.1, 0.15) is 5.75 Å². The average Bonchev–Trinajstić information content (AvgIpc) is 2.80. The molecule has 1 saturated heterocycles. The van der Waals surface area contributed by atoms with Gasteiger partial charge in [0.15, 0.2) is 5.79 Å². The second-order valence-corrected chi connectivity index (χ2v) is 9.77. The summed E-state index contributed by atoms with van der Waals surface area (Å²) in [6.45, 7) is 10.2. The summed E-state index contributed by atoms with van der Waals surface area (Å²) < 4.78 is 57.7. The van der Waals surface area contributed by atoms with E-state index in [2.05, 4.69) is 12.1 Å². The van der Waals surface area contributed by atoms with E-state index in [0.717, 1.165) is 18.1 Å². The van der Waals surface area contributed by atoms with Gasteiger partial charge in [0.2, 0.25) is 0 Å². The fraction of sp³-hybridized carbons (Fsp3) is 0.571. The molecule has 0 aliphatic carbocycles. The number of nitrogens with one attached hydrogen (secondary N) is 1. The number of benzene rings is 2. The topological polar surface area (TPSA) is 71.7 Å². The van der Waals surface area contributed by atoms with Crippen LogP contribution in [0.3, 0.4) is 0 Å². The molecular weight excluding hydrogens is 560 g/mol. The summed E-state index contributed by atoms with van der Waals surface area (Å²) in [7, 11) is 0. The summed E-state index contributed by atoms with van der Waals surface area (Å²) in [5, 5.41) is 7.57. The molecule has 205 valence electrons. The summed E-state index contributed by atoms with van der Waals surface area (Å²) in [4.78, 5) is 0. The maximum Gasteiger partial charge on any atom is 0.419 e. The van der Waals surface area contributed by atoms with E-state index in [4.69, 9.17) is 25.1 Å². The van der Waals surface area contributed by atoms with Crippen molar-refractivity contribution in [1.29, 1.82) is 0 Å². The maximum absolute atomic E-state index is 13.7. The number of aryl methyl sites for hydroxylation is 4. The van der Waals surface area contributed by atoms with Crippen LogP contribution in [0.1, 0.15) is 61.4 Å². The van der Waals surface area contributed by atoms with Gasteiger partial charge in [0.05, 0.1) is 12.2 Å². The van der Waals surface area contributed by atoms with Gasteiger partial charge in [-0.15, -0.1) is 0 Å². The molecule has 1 fully saturated rings. The number of rotatable bonds is 8. The van der Waals surface area contributed by atoms with Crippen LogP contribution in [-0.2, 0) is 61.2 Å². The molecule has 2 N–H and O–H groups in total. The van der Waals surface area contributed by atoms with E-state index in [1.807, 2.05) is 19.9 Å². The molecule has 1 radical (unpaired) electrons. The minimum absolute atomic E-state index is 0. The second kappa shape index (κ2) is 14.9. The quantitative estimate of drug-likeness (QED) is 0.338. The van der Waals surface area contributed by atoms with E-state index < -0.39 is 23.1 Å². The third-order valence-electron chi connectivity index (χ3n) is 6.07. The Morgan fingerprint density at radius 2 is 1.54 bits per heavy atom. The first kappa shape index (κ1) is 34.0. The number of hydrogen-bond acceptors (Lipinski definition) is 4. The Balaban J connectivity index is 0.00000163. The molecule has 0 atom stereocenters. The first-order valence-electron chi connectivity index (χ1n) is 12.3. The van der Waals surface area contributed by atoms with Crippen LogP contribution in [-0.4, -0.2) is 42.9 Å². The van der Waals surface area contributed by atoms with Crippen molar-refractivity contribution in [3.05, 3.63) is 69.9 Å². The Kier molecular flexibility index (Phi) is 13.7. The van der Waals surface area contributed by atoms with Crippen molar-refractivity contribution >= 4 is 0 Å². The fourth-order valence-corrected chi connectivity index (χ4v) is 3.73. The Bertz CT molecular complexity index is 972. The average molecular weight is 600 g/mol. The smallest absolute Gasteiger partial charge is 0.419 e. The van der Waals surface area contributed by atoms with Gasteiger partial charge in [-0.2, -0.15) is 13.2 Å². The van der Waals surface area contributed by atoms with Gasteiger partial charge >= 0.3 is 6.18 Å². The SMILES string of the molecule is CCO.Cc1ccc(CCCOc2ccc(CCC3([NH-])COC(C)(C)OC3)cc2C(F)(F)F)cc1C.[Y]. The third-order valence-corrected chi connectivity index (χ3v) is 6.07. The first-order chi connectivity index (χ1) is 16.8. The first-order valence-corrected chi connectivity index (χ1v) is 12.3. The predicted molar refractivity (Wildman–Crippen MR) is 135 cm³/mol. The summed E-state index contributed by atoms with van der Waals surface area (Å²) in [6, 6.07) is 10.4. The molecular formula is C28H39F3NO4Y-. The molecule has 2 aromatic carbocycles. The summed E-state index contributed by atoms with van der Waals surface area (Å²) in [5.41, 5.74) is 10.8. The molecule has 5 nitrogen and oxygen atoms in total. The Morgan fingerprint density at radius 1 is 0.973 bits per heavy atom. The summed E-state index contributed by atoms with van der Waals surface area (Å²) >= 11 is 0. The van der Waals surface area contributed by atoms with E-state index in [1.165, 1.54) is 17.2 Å². The van der Waals surface area contributed by atoms with Gasteiger partial charge in [-0.25, -0.2) is 0 Å². The van der Waals surface area contributed by atoms with Crippen LogP contribution in [0.15, 0.2) is 36.4 Å². The normalized spacial score (nSPS) is 16.3.